The normalized spacial score (nSPS) is 16.9. The maximum Gasteiger partial charge on any atom is 0.248 e. The van der Waals surface area contributed by atoms with E-state index in [0.29, 0.717) is 12.8 Å². The molecule has 1 saturated carbocycles. The molecule has 0 nitrogen and oxygen atoms in total. The predicted octanol–water partition coefficient (Wildman–Crippen LogP) is 9.41. The first-order chi connectivity index (χ1) is 14.6. The smallest absolute Gasteiger partial charge is 0.207 e. The van der Waals surface area contributed by atoms with Crippen LogP contribution in [0.3, 0.4) is 0 Å². The van der Waals surface area contributed by atoms with Crippen molar-refractivity contribution in [2.24, 2.45) is 0 Å². The highest BCUT2D eigenvalue weighted by atomic mass is 19.3. The molecule has 2 aromatic carbocycles. The van der Waals surface area contributed by atoms with Gasteiger partial charge in [0.2, 0.25) is 5.92 Å². The Morgan fingerprint density at radius 1 is 0.800 bits per heavy atom. The molecule has 0 bridgehead atoms. The molecular weight excluding hydrogens is 374 g/mol. The number of halogens is 2. The minimum absolute atomic E-state index is 0.0211. The largest absolute Gasteiger partial charge is 0.248 e. The van der Waals surface area contributed by atoms with E-state index in [1.54, 1.807) is 0 Å². The first kappa shape index (κ1) is 22.7. The summed E-state index contributed by atoms with van der Waals surface area (Å²) in [6.07, 6.45) is 14.9. The fourth-order valence-electron chi connectivity index (χ4n) is 4.37. The van der Waals surface area contributed by atoms with Crippen LogP contribution in [0.25, 0.3) is 17.2 Å². The Balaban J connectivity index is 1.47. The minimum Gasteiger partial charge on any atom is -0.207 e. The molecule has 30 heavy (non-hydrogen) atoms. The van der Waals surface area contributed by atoms with Crippen molar-refractivity contribution in [3.63, 3.8) is 0 Å². The van der Waals surface area contributed by atoms with Crippen molar-refractivity contribution in [1.82, 2.24) is 0 Å². The molecule has 0 aliphatic heterocycles. The van der Waals surface area contributed by atoms with E-state index in [4.69, 9.17) is 0 Å². The fraction of sp³-hybridized carbons (Fsp3) is 0.500. The fourth-order valence-corrected chi connectivity index (χ4v) is 4.37. The second-order valence-corrected chi connectivity index (χ2v) is 8.83. The van der Waals surface area contributed by atoms with Crippen molar-refractivity contribution in [3.05, 3.63) is 65.7 Å². The van der Waals surface area contributed by atoms with Crippen LogP contribution in [-0.4, -0.2) is 5.92 Å². The van der Waals surface area contributed by atoms with Crippen LogP contribution in [-0.2, 0) is 0 Å². The van der Waals surface area contributed by atoms with Crippen molar-refractivity contribution in [3.8, 4) is 11.1 Å². The van der Waals surface area contributed by atoms with Crippen molar-refractivity contribution < 1.29 is 8.78 Å². The standard InChI is InChI=1S/C28H36F2/c1-2-3-4-5-6-7-8-9-10-23-11-13-24(14-12-23)25-15-17-26(18-16-25)27-19-21-28(29,30)22-20-27/h9-18,27H,2-8,19-22H2,1H3/b10-9+. The van der Waals surface area contributed by atoms with Gasteiger partial charge in [-0.1, -0.05) is 99.7 Å². The third kappa shape index (κ3) is 7.07. The first-order valence-electron chi connectivity index (χ1n) is 11.8. The van der Waals surface area contributed by atoms with Crippen LogP contribution in [0.1, 0.15) is 94.6 Å². The van der Waals surface area contributed by atoms with E-state index in [-0.39, 0.29) is 18.8 Å². The van der Waals surface area contributed by atoms with Gasteiger partial charge in [0.25, 0.3) is 0 Å². The van der Waals surface area contributed by atoms with Gasteiger partial charge in [-0.05, 0) is 53.9 Å². The second kappa shape index (κ2) is 11.4. The van der Waals surface area contributed by atoms with E-state index in [1.165, 1.54) is 60.8 Å². The van der Waals surface area contributed by atoms with Gasteiger partial charge in [-0.15, -0.1) is 0 Å². The molecule has 1 aliphatic carbocycles. The van der Waals surface area contributed by atoms with Crippen molar-refractivity contribution in [1.29, 1.82) is 0 Å². The van der Waals surface area contributed by atoms with Gasteiger partial charge in [-0.2, -0.15) is 0 Å². The van der Waals surface area contributed by atoms with Gasteiger partial charge in [0.15, 0.2) is 0 Å². The van der Waals surface area contributed by atoms with Crippen LogP contribution in [0.5, 0.6) is 0 Å². The predicted molar refractivity (Wildman–Crippen MR) is 125 cm³/mol. The third-order valence-electron chi connectivity index (χ3n) is 6.38. The molecule has 2 heteroatoms. The van der Waals surface area contributed by atoms with E-state index in [9.17, 15) is 8.78 Å². The summed E-state index contributed by atoms with van der Waals surface area (Å²) >= 11 is 0. The topological polar surface area (TPSA) is 0 Å². The number of hydrogen-bond acceptors (Lipinski definition) is 0. The molecule has 3 rings (SSSR count). The van der Waals surface area contributed by atoms with Crippen molar-refractivity contribution in [2.45, 2.75) is 89.4 Å². The van der Waals surface area contributed by atoms with E-state index in [0.717, 1.165) is 6.42 Å². The van der Waals surface area contributed by atoms with E-state index < -0.39 is 5.92 Å². The van der Waals surface area contributed by atoms with Gasteiger partial charge >= 0.3 is 0 Å². The molecule has 0 saturated heterocycles. The van der Waals surface area contributed by atoms with Crippen LogP contribution in [0.2, 0.25) is 0 Å². The van der Waals surface area contributed by atoms with Crippen LogP contribution < -0.4 is 0 Å². The number of unbranched alkanes of at least 4 members (excludes halogenated alkanes) is 6. The Bertz CT molecular complexity index is 761. The number of rotatable bonds is 10. The van der Waals surface area contributed by atoms with Gasteiger partial charge in [-0.3, -0.25) is 0 Å². The summed E-state index contributed by atoms with van der Waals surface area (Å²) in [5, 5.41) is 0. The molecule has 0 radical (unpaired) electrons. The zero-order chi connectivity index (χ0) is 21.2. The molecule has 0 heterocycles. The molecule has 0 spiro atoms. The average molecular weight is 411 g/mol. The van der Waals surface area contributed by atoms with E-state index in [2.05, 4.69) is 67.6 Å². The lowest BCUT2D eigenvalue weighted by molar-refractivity contribution is -0.0382. The number of benzene rings is 2. The number of alkyl halides is 2. The van der Waals surface area contributed by atoms with Gasteiger partial charge in [0.1, 0.15) is 0 Å². The molecule has 0 aromatic heterocycles. The zero-order valence-corrected chi connectivity index (χ0v) is 18.4. The molecule has 0 unspecified atom stereocenters. The maximum atomic E-state index is 13.4. The number of allylic oxidation sites excluding steroid dienone is 1. The lowest BCUT2D eigenvalue weighted by Gasteiger charge is -2.28. The highest BCUT2D eigenvalue weighted by Gasteiger charge is 2.35. The highest BCUT2D eigenvalue weighted by molar-refractivity contribution is 5.66. The summed E-state index contributed by atoms with van der Waals surface area (Å²) in [4.78, 5) is 0. The zero-order valence-electron chi connectivity index (χ0n) is 18.4. The Kier molecular flexibility index (Phi) is 8.66. The van der Waals surface area contributed by atoms with Crippen LogP contribution >= 0.6 is 0 Å². The Morgan fingerprint density at radius 3 is 2.00 bits per heavy atom. The number of hydrogen-bond donors (Lipinski definition) is 0. The summed E-state index contributed by atoms with van der Waals surface area (Å²) in [5.41, 5.74) is 4.82. The maximum absolute atomic E-state index is 13.4. The van der Waals surface area contributed by atoms with Gasteiger partial charge in [-0.25, -0.2) is 8.78 Å². The van der Waals surface area contributed by atoms with Gasteiger partial charge in [0.05, 0.1) is 0 Å². The average Bonchev–Trinajstić information content (AvgIpc) is 2.76. The molecule has 1 fully saturated rings. The summed E-state index contributed by atoms with van der Waals surface area (Å²) < 4.78 is 26.8. The van der Waals surface area contributed by atoms with Crippen LogP contribution in [0.4, 0.5) is 8.78 Å². The SMILES string of the molecule is CCCCCCCC/C=C/c1ccc(-c2ccc(C3CCC(F)(F)CC3)cc2)cc1. The molecule has 162 valence electrons. The van der Waals surface area contributed by atoms with Crippen molar-refractivity contribution in [2.75, 3.05) is 0 Å². The molecule has 0 N–H and O–H groups in total. The molecule has 0 amide bonds. The first-order valence-corrected chi connectivity index (χ1v) is 11.8. The molecule has 0 atom stereocenters. The molecule has 1 aliphatic rings. The summed E-state index contributed by atoms with van der Waals surface area (Å²) in [7, 11) is 0. The molecule has 2 aromatic rings. The van der Waals surface area contributed by atoms with E-state index in [1.807, 2.05) is 0 Å². The van der Waals surface area contributed by atoms with E-state index >= 15 is 0 Å². The monoisotopic (exact) mass is 410 g/mol. The summed E-state index contributed by atoms with van der Waals surface area (Å²) in [6.45, 7) is 2.26. The Morgan fingerprint density at radius 2 is 1.37 bits per heavy atom. The van der Waals surface area contributed by atoms with Gasteiger partial charge in [0, 0.05) is 12.8 Å². The van der Waals surface area contributed by atoms with Crippen LogP contribution in [0, 0.1) is 0 Å². The van der Waals surface area contributed by atoms with Crippen molar-refractivity contribution >= 4 is 6.08 Å². The summed E-state index contributed by atoms with van der Waals surface area (Å²) in [5.74, 6) is -2.18. The summed E-state index contributed by atoms with van der Waals surface area (Å²) in [6, 6.07) is 17.2. The lowest BCUT2D eigenvalue weighted by atomic mass is 9.82. The Labute approximate surface area is 181 Å². The third-order valence-corrected chi connectivity index (χ3v) is 6.38. The quantitative estimate of drug-likeness (QED) is 0.342. The second-order valence-electron chi connectivity index (χ2n) is 8.83. The Hall–Kier alpha value is -1.96. The van der Waals surface area contributed by atoms with Crippen LogP contribution in [0.15, 0.2) is 54.6 Å². The highest BCUT2D eigenvalue weighted by Crippen LogP contribution is 2.41. The lowest BCUT2D eigenvalue weighted by Crippen LogP contribution is -2.23. The van der Waals surface area contributed by atoms with Gasteiger partial charge < -0.3 is 0 Å². The minimum atomic E-state index is -2.46. The molecular formula is C28H36F2.